The Labute approximate surface area is 121 Å². The first-order valence-electron chi connectivity index (χ1n) is 6.91. The quantitative estimate of drug-likeness (QED) is 0.803. The molecule has 20 heavy (non-hydrogen) atoms. The molecule has 0 saturated heterocycles. The molecule has 0 aliphatic heterocycles. The molecule has 2 N–H and O–H groups in total. The molecule has 1 aliphatic carbocycles. The molecule has 2 rings (SSSR count). The summed E-state index contributed by atoms with van der Waals surface area (Å²) < 4.78 is 27.0. The standard InChI is InChI=1S/C14H23N3O2S/c1-11(10-15-12-4-5-12)20(18,19)16-13-6-8-14(9-7-13)17(2)3/h6-9,11-12,15-16H,4-5,10H2,1-3H3. The minimum atomic E-state index is -3.34. The van der Waals surface area contributed by atoms with E-state index in [1.807, 2.05) is 31.1 Å². The fourth-order valence-corrected chi connectivity index (χ4v) is 2.80. The van der Waals surface area contributed by atoms with Crippen LogP contribution in [0.2, 0.25) is 0 Å². The third-order valence-corrected chi connectivity index (χ3v) is 5.19. The van der Waals surface area contributed by atoms with Gasteiger partial charge >= 0.3 is 0 Å². The number of hydrogen-bond donors (Lipinski definition) is 2. The van der Waals surface area contributed by atoms with E-state index in [4.69, 9.17) is 0 Å². The van der Waals surface area contributed by atoms with Crippen LogP contribution in [-0.4, -0.2) is 40.3 Å². The molecule has 0 radical (unpaired) electrons. The lowest BCUT2D eigenvalue weighted by Gasteiger charge is -2.17. The van der Waals surface area contributed by atoms with Gasteiger partial charge in [-0.15, -0.1) is 0 Å². The second-order valence-corrected chi connectivity index (χ2v) is 7.68. The first-order valence-corrected chi connectivity index (χ1v) is 8.45. The molecule has 1 fully saturated rings. The molecule has 1 unspecified atom stereocenters. The molecule has 0 heterocycles. The normalized spacial score (nSPS) is 16.8. The monoisotopic (exact) mass is 297 g/mol. The number of nitrogens with zero attached hydrogens (tertiary/aromatic N) is 1. The lowest BCUT2D eigenvalue weighted by Crippen LogP contribution is -2.35. The summed E-state index contributed by atoms with van der Waals surface area (Å²) in [6.07, 6.45) is 2.32. The molecule has 5 nitrogen and oxygen atoms in total. The zero-order valence-electron chi connectivity index (χ0n) is 12.3. The van der Waals surface area contributed by atoms with Gasteiger partial charge in [0.05, 0.1) is 5.25 Å². The van der Waals surface area contributed by atoms with Crippen LogP contribution in [0.4, 0.5) is 11.4 Å². The highest BCUT2D eigenvalue weighted by Crippen LogP contribution is 2.20. The van der Waals surface area contributed by atoms with Gasteiger partial charge in [-0.3, -0.25) is 4.72 Å². The topological polar surface area (TPSA) is 61.4 Å². The van der Waals surface area contributed by atoms with E-state index in [-0.39, 0.29) is 0 Å². The van der Waals surface area contributed by atoms with Crippen LogP contribution in [0.3, 0.4) is 0 Å². The van der Waals surface area contributed by atoms with E-state index in [0.29, 0.717) is 18.3 Å². The minimum absolute atomic E-state index is 0.448. The molecular weight excluding hydrogens is 274 g/mol. The number of anilines is 2. The molecule has 0 bridgehead atoms. The van der Waals surface area contributed by atoms with Crippen LogP contribution in [-0.2, 0) is 10.0 Å². The fraction of sp³-hybridized carbons (Fsp3) is 0.571. The van der Waals surface area contributed by atoms with Gasteiger partial charge < -0.3 is 10.2 Å². The third kappa shape index (κ3) is 4.11. The van der Waals surface area contributed by atoms with E-state index in [1.54, 1.807) is 19.1 Å². The number of benzene rings is 1. The summed E-state index contributed by atoms with van der Waals surface area (Å²) >= 11 is 0. The van der Waals surface area contributed by atoms with Gasteiger partial charge in [-0.2, -0.15) is 0 Å². The average Bonchev–Trinajstić information content (AvgIpc) is 3.20. The zero-order chi connectivity index (χ0) is 14.8. The summed E-state index contributed by atoms with van der Waals surface area (Å²) in [6.45, 7) is 2.22. The average molecular weight is 297 g/mol. The Morgan fingerprint density at radius 2 is 1.85 bits per heavy atom. The van der Waals surface area contributed by atoms with Crippen molar-refractivity contribution in [1.82, 2.24) is 5.32 Å². The van der Waals surface area contributed by atoms with Crippen molar-refractivity contribution in [1.29, 1.82) is 0 Å². The Hall–Kier alpha value is -1.27. The largest absolute Gasteiger partial charge is 0.378 e. The molecule has 0 amide bonds. The number of hydrogen-bond acceptors (Lipinski definition) is 4. The highest BCUT2D eigenvalue weighted by Gasteiger charge is 2.25. The Morgan fingerprint density at radius 3 is 2.35 bits per heavy atom. The fourth-order valence-electron chi connectivity index (χ4n) is 1.82. The van der Waals surface area contributed by atoms with E-state index in [2.05, 4.69) is 10.0 Å². The SMILES string of the molecule is CC(CNC1CC1)S(=O)(=O)Nc1ccc(N(C)C)cc1. The summed E-state index contributed by atoms with van der Waals surface area (Å²) in [5, 5.41) is 2.80. The zero-order valence-corrected chi connectivity index (χ0v) is 13.1. The van der Waals surface area contributed by atoms with Gasteiger partial charge in [0.1, 0.15) is 0 Å². The van der Waals surface area contributed by atoms with Crippen LogP contribution in [0.1, 0.15) is 19.8 Å². The Morgan fingerprint density at radius 1 is 1.25 bits per heavy atom. The number of rotatable bonds is 7. The van der Waals surface area contributed by atoms with Crippen molar-refractivity contribution in [2.24, 2.45) is 0 Å². The highest BCUT2D eigenvalue weighted by molar-refractivity contribution is 7.93. The second kappa shape index (κ2) is 6.01. The first kappa shape index (κ1) is 15.1. The summed E-state index contributed by atoms with van der Waals surface area (Å²) in [5.41, 5.74) is 1.64. The molecule has 1 aromatic rings. The van der Waals surface area contributed by atoms with E-state index < -0.39 is 15.3 Å². The van der Waals surface area contributed by atoms with Crippen molar-refractivity contribution in [3.05, 3.63) is 24.3 Å². The van der Waals surface area contributed by atoms with Gasteiger partial charge in [-0.25, -0.2) is 8.42 Å². The van der Waals surface area contributed by atoms with Crippen LogP contribution in [0.5, 0.6) is 0 Å². The molecule has 6 heteroatoms. The minimum Gasteiger partial charge on any atom is -0.378 e. The number of nitrogens with one attached hydrogen (secondary N) is 2. The summed E-state index contributed by atoms with van der Waals surface area (Å²) in [6, 6.07) is 7.88. The lowest BCUT2D eigenvalue weighted by molar-refractivity contribution is 0.576. The van der Waals surface area contributed by atoms with Crippen LogP contribution in [0, 0.1) is 0 Å². The molecule has 1 aliphatic rings. The van der Waals surface area contributed by atoms with E-state index in [1.165, 1.54) is 0 Å². The second-order valence-electron chi connectivity index (χ2n) is 5.58. The van der Waals surface area contributed by atoms with Gasteiger partial charge in [0.2, 0.25) is 10.0 Å². The van der Waals surface area contributed by atoms with Crippen molar-refractivity contribution in [3.63, 3.8) is 0 Å². The third-order valence-electron chi connectivity index (χ3n) is 3.44. The molecule has 112 valence electrons. The first-order chi connectivity index (χ1) is 9.38. The molecule has 1 atom stereocenters. The summed E-state index contributed by atoms with van der Waals surface area (Å²) in [5.74, 6) is 0. The number of sulfonamides is 1. The van der Waals surface area contributed by atoms with Crippen molar-refractivity contribution in [2.75, 3.05) is 30.3 Å². The van der Waals surface area contributed by atoms with Gasteiger partial charge in [0, 0.05) is 38.1 Å². The van der Waals surface area contributed by atoms with Gasteiger partial charge in [0.25, 0.3) is 0 Å². The van der Waals surface area contributed by atoms with Crippen molar-refractivity contribution >= 4 is 21.4 Å². The molecule has 0 aromatic heterocycles. The maximum absolute atomic E-state index is 12.2. The highest BCUT2D eigenvalue weighted by atomic mass is 32.2. The Bertz CT molecular complexity index is 536. The molecular formula is C14H23N3O2S. The summed E-state index contributed by atoms with van der Waals surface area (Å²) in [7, 11) is 0.558. The maximum Gasteiger partial charge on any atom is 0.236 e. The lowest BCUT2D eigenvalue weighted by atomic mass is 10.3. The van der Waals surface area contributed by atoms with E-state index >= 15 is 0 Å². The smallest absolute Gasteiger partial charge is 0.236 e. The van der Waals surface area contributed by atoms with Gasteiger partial charge in [-0.05, 0) is 44.0 Å². The van der Waals surface area contributed by atoms with E-state index in [9.17, 15) is 8.42 Å². The van der Waals surface area contributed by atoms with Crippen LogP contribution in [0.25, 0.3) is 0 Å². The maximum atomic E-state index is 12.2. The van der Waals surface area contributed by atoms with Gasteiger partial charge in [-0.1, -0.05) is 0 Å². The summed E-state index contributed by atoms with van der Waals surface area (Å²) in [4.78, 5) is 1.97. The Balaban J connectivity index is 1.95. The van der Waals surface area contributed by atoms with Crippen LogP contribution < -0.4 is 14.9 Å². The van der Waals surface area contributed by atoms with E-state index in [0.717, 1.165) is 18.5 Å². The predicted octanol–water partition coefficient (Wildman–Crippen LogP) is 1.63. The van der Waals surface area contributed by atoms with Crippen LogP contribution in [0.15, 0.2) is 24.3 Å². The Kier molecular flexibility index (Phi) is 4.55. The van der Waals surface area contributed by atoms with Crippen molar-refractivity contribution in [2.45, 2.75) is 31.1 Å². The van der Waals surface area contributed by atoms with Gasteiger partial charge in [0.15, 0.2) is 0 Å². The van der Waals surface area contributed by atoms with Crippen LogP contribution >= 0.6 is 0 Å². The molecule has 1 aromatic carbocycles. The van der Waals surface area contributed by atoms with Crippen molar-refractivity contribution in [3.8, 4) is 0 Å². The molecule has 0 spiro atoms. The van der Waals surface area contributed by atoms with Crippen molar-refractivity contribution < 1.29 is 8.42 Å². The molecule has 1 saturated carbocycles. The predicted molar refractivity (Wildman–Crippen MR) is 83.8 cm³/mol.